The minimum atomic E-state index is 0.440. The molecule has 1 fully saturated rings. The monoisotopic (exact) mass is 308 g/mol. The van der Waals surface area contributed by atoms with Crippen molar-refractivity contribution in [3.05, 3.63) is 66.2 Å². The highest BCUT2D eigenvalue weighted by molar-refractivity contribution is 8.00. The molecular weight excluding hydrogens is 288 g/mol. The largest absolute Gasteiger partial charge is 0.351 e. The smallest absolute Gasteiger partial charge is 0.113 e. The fourth-order valence-electron chi connectivity index (χ4n) is 3.40. The third-order valence-electron chi connectivity index (χ3n) is 4.46. The van der Waals surface area contributed by atoms with Gasteiger partial charge in [-0.1, -0.05) is 48.5 Å². The van der Waals surface area contributed by atoms with Crippen LogP contribution in [0.1, 0.15) is 24.4 Å². The van der Waals surface area contributed by atoms with Crippen LogP contribution in [0.5, 0.6) is 0 Å². The van der Waals surface area contributed by atoms with Gasteiger partial charge in [0.2, 0.25) is 0 Å². The highest BCUT2D eigenvalue weighted by Crippen LogP contribution is 2.37. The van der Waals surface area contributed by atoms with Gasteiger partial charge in [-0.15, -0.1) is 11.8 Å². The zero-order chi connectivity index (χ0) is 14.8. The normalized spacial score (nSPS) is 24.0. The van der Waals surface area contributed by atoms with Gasteiger partial charge >= 0.3 is 0 Å². The number of aliphatic imine (C=N–C) groups is 1. The van der Waals surface area contributed by atoms with Gasteiger partial charge in [0.1, 0.15) is 5.84 Å². The number of hydrogen-bond donors (Lipinski definition) is 0. The summed E-state index contributed by atoms with van der Waals surface area (Å²) in [6.07, 6.45) is 2.49. The van der Waals surface area contributed by atoms with Crippen LogP contribution in [0.4, 0.5) is 0 Å². The van der Waals surface area contributed by atoms with Gasteiger partial charge in [-0.05, 0) is 30.5 Å². The standard InChI is InChI=1S/C19H20N2S/c1-3-8-15(9-4-1)17-14-20-19-18(12-7-13-21(17)19)22-16-10-5-2-6-11-16/h1-6,8-11,17-18H,7,12-14H2. The van der Waals surface area contributed by atoms with Crippen LogP contribution in [-0.2, 0) is 0 Å². The predicted octanol–water partition coefficient (Wildman–Crippen LogP) is 4.40. The van der Waals surface area contributed by atoms with Crippen LogP contribution in [0.3, 0.4) is 0 Å². The maximum absolute atomic E-state index is 4.91. The first kappa shape index (κ1) is 13.9. The topological polar surface area (TPSA) is 15.6 Å². The number of thioether (sulfide) groups is 1. The van der Waals surface area contributed by atoms with E-state index in [-0.39, 0.29) is 0 Å². The average Bonchev–Trinajstić information content (AvgIpc) is 3.02. The Hall–Kier alpha value is -1.74. The van der Waals surface area contributed by atoms with Crippen molar-refractivity contribution in [2.45, 2.75) is 29.0 Å². The lowest BCUT2D eigenvalue weighted by Gasteiger charge is -2.36. The predicted molar refractivity (Wildman–Crippen MR) is 93.5 cm³/mol. The van der Waals surface area contributed by atoms with E-state index in [9.17, 15) is 0 Å². The average molecular weight is 308 g/mol. The minimum absolute atomic E-state index is 0.440. The lowest BCUT2D eigenvalue weighted by atomic mass is 10.0. The lowest BCUT2D eigenvalue weighted by molar-refractivity contribution is 0.320. The molecule has 0 amide bonds. The molecule has 0 N–H and O–H groups in total. The molecule has 0 aliphatic carbocycles. The summed E-state index contributed by atoms with van der Waals surface area (Å²) in [5.41, 5.74) is 1.40. The molecule has 2 aliphatic heterocycles. The Bertz CT molecular complexity index is 654. The molecule has 2 aromatic carbocycles. The highest BCUT2D eigenvalue weighted by Gasteiger charge is 2.36. The second kappa shape index (κ2) is 6.17. The van der Waals surface area contributed by atoms with Crippen molar-refractivity contribution in [2.75, 3.05) is 13.1 Å². The number of rotatable bonds is 3. The molecule has 2 heterocycles. The van der Waals surface area contributed by atoms with Crippen LogP contribution in [0.25, 0.3) is 0 Å². The molecule has 22 heavy (non-hydrogen) atoms. The lowest BCUT2D eigenvalue weighted by Crippen LogP contribution is -2.41. The van der Waals surface area contributed by atoms with Crippen molar-refractivity contribution in [1.82, 2.24) is 4.90 Å². The third kappa shape index (κ3) is 2.66. The quantitative estimate of drug-likeness (QED) is 0.835. The third-order valence-corrected chi connectivity index (χ3v) is 5.73. The number of benzene rings is 2. The molecule has 2 unspecified atom stereocenters. The van der Waals surface area contributed by atoms with Crippen LogP contribution in [0.15, 0.2) is 70.6 Å². The number of nitrogens with zero attached hydrogens (tertiary/aromatic N) is 2. The zero-order valence-corrected chi connectivity index (χ0v) is 13.4. The Morgan fingerprint density at radius 1 is 0.955 bits per heavy atom. The number of fused-ring (bicyclic) bond motifs is 1. The van der Waals surface area contributed by atoms with Gasteiger partial charge in [-0.3, -0.25) is 4.99 Å². The molecule has 112 valence electrons. The SMILES string of the molecule is c1ccc(SC2CCCN3C2=NCC3c2ccccc2)cc1. The molecule has 4 rings (SSSR count). The van der Waals surface area contributed by atoms with E-state index in [0.717, 1.165) is 13.1 Å². The second-order valence-corrected chi connectivity index (χ2v) is 7.16. The summed E-state index contributed by atoms with van der Waals surface area (Å²) in [6.45, 7) is 2.05. The van der Waals surface area contributed by atoms with E-state index >= 15 is 0 Å². The van der Waals surface area contributed by atoms with Crippen LogP contribution in [0.2, 0.25) is 0 Å². The first-order valence-electron chi connectivity index (χ1n) is 7.99. The van der Waals surface area contributed by atoms with Crippen molar-refractivity contribution in [3.8, 4) is 0 Å². The first-order valence-corrected chi connectivity index (χ1v) is 8.87. The molecule has 0 bridgehead atoms. The van der Waals surface area contributed by atoms with Gasteiger partial charge in [-0.25, -0.2) is 0 Å². The van der Waals surface area contributed by atoms with Gasteiger partial charge in [0, 0.05) is 11.4 Å². The van der Waals surface area contributed by atoms with E-state index in [4.69, 9.17) is 4.99 Å². The maximum Gasteiger partial charge on any atom is 0.113 e. The molecule has 2 aliphatic rings. The number of piperidine rings is 1. The Kier molecular flexibility index (Phi) is 3.90. The van der Waals surface area contributed by atoms with Crippen molar-refractivity contribution < 1.29 is 0 Å². The van der Waals surface area contributed by atoms with E-state index in [0.29, 0.717) is 11.3 Å². The minimum Gasteiger partial charge on any atom is -0.351 e. The molecule has 2 aromatic rings. The number of hydrogen-bond acceptors (Lipinski definition) is 3. The molecule has 0 aromatic heterocycles. The molecule has 2 nitrogen and oxygen atoms in total. The number of amidine groups is 1. The molecule has 0 saturated carbocycles. The zero-order valence-electron chi connectivity index (χ0n) is 12.6. The van der Waals surface area contributed by atoms with E-state index in [2.05, 4.69) is 65.6 Å². The van der Waals surface area contributed by atoms with Crippen LogP contribution >= 0.6 is 11.8 Å². The Balaban J connectivity index is 1.53. The highest BCUT2D eigenvalue weighted by atomic mass is 32.2. The maximum atomic E-state index is 4.91. The Morgan fingerprint density at radius 2 is 1.68 bits per heavy atom. The molecule has 2 atom stereocenters. The summed E-state index contributed by atoms with van der Waals surface area (Å²) < 4.78 is 0. The van der Waals surface area contributed by atoms with E-state index in [1.165, 1.54) is 29.1 Å². The summed E-state index contributed by atoms with van der Waals surface area (Å²) >= 11 is 1.97. The van der Waals surface area contributed by atoms with E-state index in [1.54, 1.807) is 0 Å². The van der Waals surface area contributed by atoms with Gasteiger partial charge in [-0.2, -0.15) is 0 Å². The molecule has 1 saturated heterocycles. The fraction of sp³-hybridized carbons (Fsp3) is 0.316. The summed E-state index contributed by atoms with van der Waals surface area (Å²) in [5.74, 6) is 1.31. The second-order valence-electron chi connectivity index (χ2n) is 5.88. The van der Waals surface area contributed by atoms with Crippen molar-refractivity contribution >= 4 is 17.6 Å². The van der Waals surface area contributed by atoms with E-state index < -0.39 is 0 Å². The Labute approximate surface area is 136 Å². The summed E-state index contributed by atoms with van der Waals surface area (Å²) in [5, 5.41) is 0.505. The fourth-order valence-corrected chi connectivity index (χ4v) is 4.64. The van der Waals surface area contributed by atoms with E-state index in [1.807, 2.05) is 11.8 Å². The van der Waals surface area contributed by atoms with Crippen LogP contribution < -0.4 is 0 Å². The molecule has 0 spiro atoms. The van der Waals surface area contributed by atoms with Crippen LogP contribution in [0, 0.1) is 0 Å². The summed E-state index contributed by atoms with van der Waals surface area (Å²) in [7, 11) is 0. The first-order chi connectivity index (χ1) is 10.9. The summed E-state index contributed by atoms with van der Waals surface area (Å²) in [6, 6.07) is 22.0. The van der Waals surface area contributed by atoms with Gasteiger partial charge in [0.15, 0.2) is 0 Å². The van der Waals surface area contributed by atoms with Gasteiger partial charge in [0.25, 0.3) is 0 Å². The molecular formula is C19H20N2S. The molecule has 0 radical (unpaired) electrons. The molecule has 3 heteroatoms. The van der Waals surface area contributed by atoms with Crippen molar-refractivity contribution in [2.24, 2.45) is 4.99 Å². The van der Waals surface area contributed by atoms with Gasteiger partial charge < -0.3 is 4.90 Å². The Morgan fingerprint density at radius 3 is 2.45 bits per heavy atom. The van der Waals surface area contributed by atoms with Crippen molar-refractivity contribution in [3.63, 3.8) is 0 Å². The van der Waals surface area contributed by atoms with Crippen LogP contribution in [-0.4, -0.2) is 29.1 Å². The summed E-state index contributed by atoms with van der Waals surface area (Å²) in [4.78, 5) is 8.80. The van der Waals surface area contributed by atoms with Gasteiger partial charge in [0.05, 0.1) is 17.8 Å². The van der Waals surface area contributed by atoms with Crippen molar-refractivity contribution in [1.29, 1.82) is 0 Å².